The molecule has 0 spiro atoms. The van der Waals surface area contributed by atoms with Crippen molar-refractivity contribution in [2.24, 2.45) is 4.99 Å². The summed E-state index contributed by atoms with van der Waals surface area (Å²) in [5, 5.41) is 6.01. The Morgan fingerprint density at radius 1 is 0.923 bits per heavy atom. The first-order valence-electron chi connectivity index (χ1n) is 13.1. The quantitative estimate of drug-likeness (QED) is 0.191. The Kier molecular flexibility index (Phi) is 7.57. The second kappa shape index (κ2) is 11.6. The summed E-state index contributed by atoms with van der Waals surface area (Å²) in [6, 6.07) is 30.1. The third-order valence-electron chi connectivity index (χ3n) is 6.96. The lowest BCUT2D eigenvalue weighted by Gasteiger charge is -2.13. The van der Waals surface area contributed by atoms with Gasteiger partial charge in [-0.15, -0.1) is 11.3 Å². The van der Waals surface area contributed by atoms with Crippen LogP contribution in [0.3, 0.4) is 0 Å². The van der Waals surface area contributed by atoms with Crippen LogP contribution >= 0.6 is 27.3 Å². The van der Waals surface area contributed by atoms with Crippen LogP contribution in [-0.2, 0) is 19.4 Å². The van der Waals surface area contributed by atoms with Gasteiger partial charge >= 0.3 is 0 Å². The summed E-state index contributed by atoms with van der Waals surface area (Å²) in [6.45, 7) is 0.449. The smallest absolute Gasteiger partial charge is 0.259 e. The molecule has 6 heteroatoms. The molecule has 1 aromatic heterocycles. The number of fused-ring (bicyclic) bond motifs is 2. The van der Waals surface area contributed by atoms with Gasteiger partial charge in [-0.2, -0.15) is 0 Å². The van der Waals surface area contributed by atoms with Crippen LogP contribution in [0.5, 0.6) is 5.75 Å². The number of nitrogens with zero attached hydrogens (tertiary/aromatic N) is 1. The van der Waals surface area contributed by atoms with Crippen molar-refractivity contribution in [2.75, 3.05) is 5.32 Å². The fraction of sp³-hybridized carbons (Fsp3) is 0.152. The standard InChI is InChI=1S/C33H27BrN2O2S/c34-24-17-14-22(15-18-24)21-38-29-19-16-23-8-4-5-11-26(23)28(29)20-35-33-31(27-12-6-7-13-30(27)39-33)32(37)36-25-9-2-1-3-10-25/h1-5,8-11,14-20H,6-7,12-13,21H2,(H,36,37). The molecule has 0 bridgehead atoms. The van der Waals surface area contributed by atoms with Crippen molar-refractivity contribution in [3.63, 3.8) is 0 Å². The molecule has 0 saturated heterocycles. The van der Waals surface area contributed by atoms with E-state index in [4.69, 9.17) is 9.73 Å². The van der Waals surface area contributed by atoms with Crippen molar-refractivity contribution in [1.82, 2.24) is 0 Å². The number of carbonyl (C=O) groups excluding carboxylic acids is 1. The Hall–Kier alpha value is -3.74. The Bertz CT molecular complexity index is 1660. The normalized spacial score (nSPS) is 12.9. The van der Waals surface area contributed by atoms with Crippen LogP contribution in [0.1, 0.15) is 44.8 Å². The highest BCUT2D eigenvalue weighted by Gasteiger charge is 2.25. The Balaban J connectivity index is 1.37. The molecule has 39 heavy (non-hydrogen) atoms. The van der Waals surface area contributed by atoms with Crippen molar-refractivity contribution >= 4 is 60.8 Å². The molecule has 1 aliphatic carbocycles. The van der Waals surface area contributed by atoms with Gasteiger partial charge in [0, 0.05) is 26.8 Å². The second-order valence-electron chi connectivity index (χ2n) is 9.58. The fourth-order valence-electron chi connectivity index (χ4n) is 4.99. The maximum atomic E-state index is 13.5. The minimum absolute atomic E-state index is 0.0996. The van der Waals surface area contributed by atoms with Crippen LogP contribution in [0, 0.1) is 0 Å². The number of thiophene rings is 1. The SMILES string of the molecule is O=C(Nc1ccccc1)c1c(N=Cc2c(OCc3ccc(Br)cc3)ccc3ccccc23)sc2c1CCCC2. The largest absolute Gasteiger partial charge is 0.488 e. The number of anilines is 1. The lowest BCUT2D eigenvalue weighted by Crippen LogP contribution is -2.14. The molecule has 0 fully saturated rings. The summed E-state index contributed by atoms with van der Waals surface area (Å²) in [6.07, 6.45) is 6.02. The van der Waals surface area contributed by atoms with E-state index in [0.717, 1.165) is 74.1 Å². The van der Waals surface area contributed by atoms with Crippen LogP contribution in [0.15, 0.2) is 100 Å². The van der Waals surface area contributed by atoms with E-state index in [9.17, 15) is 4.79 Å². The summed E-state index contributed by atoms with van der Waals surface area (Å²) in [4.78, 5) is 19.8. The number of benzene rings is 4. The van der Waals surface area contributed by atoms with Crippen LogP contribution in [0.4, 0.5) is 10.7 Å². The van der Waals surface area contributed by atoms with E-state index in [1.54, 1.807) is 11.3 Å². The lowest BCUT2D eigenvalue weighted by atomic mass is 9.95. The molecule has 0 saturated carbocycles. The maximum absolute atomic E-state index is 13.5. The number of aliphatic imine (C=N–C) groups is 1. The van der Waals surface area contributed by atoms with E-state index in [1.807, 2.05) is 79.0 Å². The summed E-state index contributed by atoms with van der Waals surface area (Å²) in [5.41, 5.74) is 4.63. The van der Waals surface area contributed by atoms with Gasteiger partial charge in [-0.1, -0.05) is 76.6 Å². The zero-order chi connectivity index (χ0) is 26.6. The van der Waals surface area contributed by atoms with E-state index < -0.39 is 0 Å². The predicted octanol–water partition coefficient (Wildman–Crippen LogP) is 9.12. The molecule has 5 aromatic rings. The number of aryl methyl sites for hydroxylation is 1. The van der Waals surface area contributed by atoms with Gasteiger partial charge in [-0.05, 0) is 77.9 Å². The number of hydrogen-bond acceptors (Lipinski definition) is 4. The van der Waals surface area contributed by atoms with Crippen LogP contribution < -0.4 is 10.1 Å². The first-order valence-corrected chi connectivity index (χ1v) is 14.7. The highest BCUT2D eigenvalue weighted by molar-refractivity contribution is 9.10. The number of carbonyl (C=O) groups is 1. The molecule has 1 amide bonds. The minimum atomic E-state index is -0.0996. The minimum Gasteiger partial charge on any atom is -0.488 e. The monoisotopic (exact) mass is 594 g/mol. The molecule has 0 atom stereocenters. The molecule has 4 aromatic carbocycles. The first-order chi connectivity index (χ1) is 19.2. The molecule has 4 nitrogen and oxygen atoms in total. The summed E-state index contributed by atoms with van der Waals surface area (Å²) >= 11 is 5.13. The average Bonchev–Trinajstić information content (AvgIpc) is 3.35. The summed E-state index contributed by atoms with van der Waals surface area (Å²) in [7, 11) is 0. The summed E-state index contributed by atoms with van der Waals surface area (Å²) in [5.74, 6) is 0.661. The van der Waals surface area contributed by atoms with Crippen LogP contribution in [0.2, 0.25) is 0 Å². The number of hydrogen-bond donors (Lipinski definition) is 1. The van der Waals surface area contributed by atoms with Crippen LogP contribution in [-0.4, -0.2) is 12.1 Å². The van der Waals surface area contributed by atoms with Gasteiger partial charge in [0.1, 0.15) is 17.4 Å². The highest BCUT2D eigenvalue weighted by atomic mass is 79.9. The van der Waals surface area contributed by atoms with Gasteiger partial charge in [0.05, 0.1) is 5.56 Å². The first kappa shape index (κ1) is 25.5. The second-order valence-corrected chi connectivity index (χ2v) is 11.6. The van der Waals surface area contributed by atoms with Crippen LogP contribution in [0.25, 0.3) is 10.8 Å². The third-order valence-corrected chi connectivity index (χ3v) is 8.69. The van der Waals surface area contributed by atoms with E-state index >= 15 is 0 Å². The maximum Gasteiger partial charge on any atom is 0.259 e. The van der Waals surface area contributed by atoms with E-state index in [-0.39, 0.29) is 5.91 Å². The third kappa shape index (κ3) is 5.68. The Labute approximate surface area is 240 Å². The number of rotatable bonds is 7. The van der Waals surface area contributed by atoms with E-state index in [2.05, 4.69) is 39.4 Å². The van der Waals surface area contributed by atoms with Crippen molar-refractivity contribution in [3.05, 3.63) is 123 Å². The molecule has 0 aliphatic heterocycles. The van der Waals surface area contributed by atoms with Crippen molar-refractivity contribution in [2.45, 2.75) is 32.3 Å². The molecule has 1 N–H and O–H groups in total. The highest BCUT2D eigenvalue weighted by Crippen LogP contribution is 2.40. The molecule has 0 unspecified atom stereocenters. The van der Waals surface area contributed by atoms with Gasteiger partial charge in [0.2, 0.25) is 0 Å². The molecular formula is C33H27BrN2O2S. The van der Waals surface area contributed by atoms with Gasteiger partial charge in [0.15, 0.2) is 0 Å². The number of halogens is 1. The molecule has 0 radical (unpaired) electrons. The molecule has 1 heterocycles. The van der Waals surface area contributed by atoms with Gasteiger partial charge in [-0.3, -0.25) is 4.79 Å². The zero-order valence-electron chi connectivity index (χ0n) is 21.3. The molecular weight excluding hydrogens is 568 g/mol. The summed E-state index contributed by atoms with van der Waals surface area (Å²) < 4.78 is 7.35. The van der Waals surface area contributed by atoms with Crippen molar-refractivity contribution < 1.29 is 9.53 Å². The number of amides is 1. The number of para-hydroxylation sites is 1. The zero-order valence-corrected chi connectivity index (χ0v) is 23.7. The molecule has 6 rings (SSSR count). The van der Waals surface area contributed by atoms with Crippen molar-refractivity contribution in [1.29, 1.82) is 0 Å². The number of ether oxygens (including phenoxy) is 1. The fourth-order valence-corrected chi connectivity index (χ4v) is 6.49. The topological polar surface area (TPSA) is 50.7 Å². The van der Waals surface area contributed by atoms with Gasteiger partial charge in [-0.25, -0.2) is 4.99 Å². The molecule has 1 aliphatic rings. The Morgan fingerprint density at radius 3 is 2.54 bits per heavy atom. The molecule has 194 valence electrons. The van der Waals surface area contributed by atoms with Gasteiger partial charge in [0.25, 0.3) is 5.91 Å². The number of nitrogens with one attached hydrogen (secondary N) is 1. The lowest BCUT2D eigenvalue weighted by molar-refractivity contribution is 0.102. The average molecular weight is 596 g/mol. The predicted molar refractivity (Wildman–Crippen MR) is 165 cm³/mol. The Morgan fingerprint density at radius 2 is 1.69 bits per heavy atom. The van der Waals surface area contributed by atoms with E-state index in [0.29, 0.717) is 12.2 Å². The van der Waals surface area contributed by atoms with E-state index in [1.165, 1.54) is 4.88 Å². The van der Waals surface area contributed by atoms with Crippen molar-refractivity contribution in [3.8, 4) is 5.75 Å². The van der Waals surface area contributed by atoms with Gasteiger partial charge < -0.3 is 10.1 Å².